The first-order valence-electron chi connectivity index (χ1n) is 4.83. The fourth-order valence-electron chi connectivity index (χ4n) is 1.16. The molecule has 0 amide bonds. The number of esters is 1. The topological polar surface area (TPSA) is 35.5 Å². The van der Waals surface area contributed by atoms with Crippen molar-refractivity contribution in [3.63, 3.8) is 0 Å². The molecule has 1 aromatic carbocycles. The van der Waals surface area contributed by atoms with Gasteiger partial charge in [0.05, 0.1) is 5.56 Å². The van der Waals surface area contributed by atoms with E-state index < -0.39 is 17.7 Å². The number of benzene rings is 1. The monoisotopic (exact) mass is 248 g/mol. The summed E-state index contributed by atoms with van der Waals surface area (Å²) in [5, 5.41) is 0. The van der Waals surface area contributed by atoms with E-state index in [1.54, 1.807) is 0 Å². The average Bonchev–Trinajstić information content (AvgIpc) is 2.23. The Morgan fingerprint density at radius 1 is 1.24 bits per heavy atom. The third-order valence-corrected chi connectivity index (χ3v) is 1.84. The van der Waals surface area contributed by atoms with Gasteiger partial charge in [-0.25, -0.2) is 0 Å². The summed E-state index contributed by atoms with van der Waals surface area (Å²) in [7, 11) is 0. The van der Waals surface area contributed by atoms with Gasteiger partial charge in [-0.15, -0.1) is 0 Å². The number of carbonyl (C=O) groups excluding carboxylic acids is 1. The van der Waals surface area contributed by atoms with E-state index in [-0.39, 0.29) is 19.0 Å². The van der Waals surface area contributed by atoms with E-state index in [9.17, 15) is 18.0 Å². The van der Waals surface area contributed by atoms with Crippen LogP contribution in [0.1, 0.15) is 12.5 Å². The molecule has 0 saturated carbocycles. The van der Waals surface area contributed by atoms with Crippen LogP contribution in [-0.4, -0.2) is 19.2 Å². The van der Waals surface area contributed by atoms with Crippen molar-refractivity contribution in [3.05, 3.63) is 29.8 Å². The Balaban J connectivity index is 2.62. The highest BCUT2D eigenvalue weighted by molar-refractivity contribution is 5.65. The Hall–Kier alpha value is -1.72. The molecule has 0 heterocycles. The molecule has 0 N–H and O–H groups in total. The molecule has 1 aromatic rings. The van der Waals surface area contributed by atoms with Gasteiger partial charge in [-0.1, -0.05) is 12.1 Å². The number of hydrogen-bond donors (Lipinski definition) is 0. The molecule has 0 bridgehead atoms. The Morgan fingerprint density at radius 3 is 2.47 bits per heavy atom. The van der Waals surface area contributed by atoms with E-state index in [4.69, 9.17) is 4.74 Å². The van der Waals surface area contributed by atoms with Crippen LogP contribution in [0.3, 0.4) is 0 Å². The summed E-state index contributed by atoms with van der Waals surface area (Å²) in [5.41, 5.74) is -0.845. The van der Waals surface area contributed by atoms with Crippen molar-refractivity contribution in [2.75, 3.05) is 13.2 Å². The quantitative estimate of drug-likeness (QED) is 0.607. The lowest BCUT2D eigenvalue weighted by Gasteiger charge is -2.13. The zero-order valence-electron chi connectivity index (χ0n) is 9.08. The van der Waals surface area contributed by atoms with E-state index in [0.717, 1.165) is 6.07 Å². The minimum Gasteiger partial charge on any atom is -0.489 e. The SMILES string of the molecule is CC(=O)OCCOc1ccccc1C(F)(F)F. The standard InChI is InChI=1S/C11H11F3O3/c1-8(15)16-6-7-17-10-5-3-2-4-9(10)11(12,13)14/h2-5H,6-7H2,1H3. The van der Waals surface area contributed by atoms with Gasteiger partial charge in [-0.2, -0.15) is 13.2 Å². The molecule has 0 aliphatic rings. The van der Waals surface area contributed by atoms with E-state index in [0.29, 0.717) is 0 Å². The second-order valence-electron chi connectivity index (χ2n) is 3.18. The Morgan fingerprint density at radius 2 is 1.88 bits per heavy atom. The summed E-state index contributed by atoms with van der Waals surface area (Å²) < 4.78 is 47.0. The van der Waals surface area contributed by atoms with E-state index >= 15 is 0 Å². The van der Waals surface area contributed by atoms with Gasteiger partial charge in [0.1, 0.15) is 19.0 Å². The van der Waals surface area contributed by atoms with Gasteiger partial charge in [0.25, 0.3) is 0 Å². The van der Waals surface area contributed by atoms with Crippen LogP contribution < -0.4 is 4.74 Å². The first-order chi connectivity index (χ1) is 7.91. The molecule has 6 heteroatoms. The number of halogens is 3. The van der Waals surface area contributed by atoms with Crippen molar-refractivity contribution in [1.82, 2.24) is 0 Å². The molecular weight excluding hydrogens is 237 g/mol. The molecule has 1 rings (SSSR count). The van der Waals surface area contributed by atoms with Crippen molar-refractivity contribution < 1.29 is 27.4 Å². The number of hydrogen-bond acceptors (Lipinski definition) is 3. The fourth-order valence-corrected chi connectivity index (χ4v) is 1.16. The summed E-state index contributed by atoms with van der Waals surface area (Å²) in [6, 6.07) is 4.87. The Bertz CT molecular complexity index is 388. The molecule has 0 aliphatic heterocycles. The van der Waals surface area contributed by atoms with Crippen LogP contribution in [0.2, 0.25) is 0 Å². The maximum Gasteiger partial charge on any atom is 0.419 e. The molecule has 17 heavy (non-hydrogen) atoms. The van der Waals surface area contributed by atoms with Gasteiger partial charge in [-0.05, 0) is 12.1 Å². The largest absolute Gasteiger partial charge is 0.489 e. The van der Waals surface area contributed by atoms with Gasteiger partial charge < -0.3 is 9.47 Å². The zero-order chi connectivity index (χ0) is 12.9. The average molecular weight is 248 g/mol. The van der Waals surface area contributed by atoms with Gasteiger partial charge in [0, 0.05) is 6.92 Å². The summed E-state index contributed by atoms with van der Waals surface area (Å²) in [4.78, 5) is 10.4. The number of ether oxygens (including phenoxy) is 2. The van der Waals surface area contributed by atoms with E-state index in [1.807, 2.05) is 0 Å². The number of alkyl halides is 3. The molecule has 3 nitrogen and oxygen atoms in total. The molecule has 94 valence electrons. The summed E-state index contributed by atoms with van der Waals surface area (Å²) >= 11 is 0. The summed E-state index contributed by atoms with van der Waals surface area (Å²) in [6.45, 7) is 1.01. The van der Waals surface area contributed by atoms with E-state index in [2.05, 4.69) is 4.74 Å². The smallest absolute Gasteiger partial charge is 0.419 e. The van der Waals surface area contributed by atoms with Crippen molar-refractivity contribution in [3.8, 4) is 5.75 Å². The van der Waals surface area contributed by atoms with Crippen LogP contribution in [0.25, 0.3) is 0 Å². The minimum atomic E-state index is -4.46. The molecule has 0 saturated heterocycles. The van der Waals surface area contributed by atoms with Gasteiger partial charge in [0.2, 0.25) is 0 Å². The minimum absolute atomic E-state index is 0.0818. The summed E-state index contributed by atoms with van der Waals surface area (Å²) in [6.07, 6.45) is -4.46. The fraction of sp³-hybridized carbons (Fsp3) is 0.364. The molecule has 0 unspecified atom stereocenters. The Kier molecular flexibility index (Phi) is 4.37. The third kappa shape index (κ3) is 4.34. The maximum atomic E-state index is 12.5. The van der Waals surface area contributed by atoms with Crippen LogP contribution in [0.15, 0.2) is 24.3 Å². The van der Waals surface area contributed by atoms with Crippen LogP contribution in [-0.2, 0) is 15.7 Å². The lowest BCUT2D eigenvalue weighted by atomic mass is 10.2. The molecule has 0 radical (unpaired) electrons. The van der Waals surface area contributed by atoms with Gasteiger partial charge in [0.15, 0.2) is 0 Å². The van der Waals surface area contributed by atoms with Gasteiger partial charge >= 0.3 is 12.1 Å². The normalized spacial score (nSPS) is 11.1. The van der Waals surface area contributed by atoms with E-state index in [1.165, 1.54) is 25.1 Å². The number of para-hydroxylation sites is 1. The van der Waals surface area contributed by atoms with Crippen LogP contribution in [0.5, 0.6) is 5.75 Å². The lowest BCUT2D eigenvalue weighted by Crippen LogP contribution is -2.13. The van der Waals surface area contributed by atoms with Gasteiger partial charge in [-0.3, -0.25) is 4.79 Å². The van der Waals surface area contributed by atoms with Crippen molar-refractivity contribution in [1.29, 1.82) is 0 Å². The van der Waals surface area contributed by atoms with Crippen LogP contribution in [0, 0.1) is 0 Å². The molecular formula is C11H11F3O3. The third-order valence-electron chi connectivity index (χ3n) is 1.84. The highest BCUT2D eigenvalue weighted by atomic mass is 19.4. The molecule has 0 aliphatic carbocycles. The first kappa shape index (κ1) is 13.3. The second kappa shape index (κ2) is 5.56. The lowest BCUT2D eigenvalue weighted by molar-refractivity contribution is -0.143. The van der Waals surface area contributed by atoms with Crippen molar-refractivity contribution in [2.45, 2.75) is 13.1 Å². The van der Waals surface area contributed by atoms with Crippen LogP contribution in [0.4, 0.5) is 13.2 Å². The Labute approximate surface area is 96.1 Å². The number of carbonyl (C=O) groups is 1. The predicted octanol–water partition coefficient (Wildman–Crippen LogP) is 2.65. The molecule has 0 spiro atoms. The molecule has 0 atom stereocenters. The summed E-state index contributed by atoms with van der Waals surface area (Å²) in [5.74, 6) is -0.773. The molecule has 0 fully saturated rings. The predicted molar refractivity (Wildman–Crippen MR) is 53.6 cm³/mol. The zero-order valence-corrected chi connectivity index (χ0v) is 9.08. The highest BCUT2D eigenvalue weighted by Crippen LogP contribution is 2.35. The van der Waals surface area contributed by atoms with Crippen molar-refractivity contribution in [2.24, 2.45) is 0 Å². The van der Waals surface area contributed by atoms with Crippen LogP contribution >= 0.6 is 0 Å². The second-order valence-corrected chi connectivity index (χ2v) is 3.18. The first-order valence-corrected chi connectivity index (χ1v) is 4.83. The van der Waals surface area contributed by atoms with Crippen molar-refractivity contribution >= 4 is 5.97 Å². The maximum absolute atomic E-state index is 12.5. The highest BCUT2D eigenvalue weighted by Gasteiger charge is 2.33. The molecule has 0 aromatic heterocycles. The number of rotatable bonds is 4.